The zero-order chi connectivity index (χ0) is 12.1. The summed E-state index contributed by atoms with van der Waals surface area (Å²) in [6, 6.07) is 8.00. The van der Waals surface area contributed by atoms with Crippen LogP contribution in [0.2, 0.25) is 0 Å². The van der Waals surface area contributed by atoms with Crippen LogP contribution >= 0.6 is 15.9 Å². The molecule has 0 fully saturated rings. The topological polar surface area (TPSA) is 29.5 Å². The molecule has 1 aromatic carbocycles. The fraction of sp³-hybridized carbons (Fsp3) is 0.417. The maximum Gasteiger partial charge on any atom is 0.246 e. The van der Waals surface area contributed by atoms with Gasteiger partial charge in [-0.15, -0.1) is 0 Å². The van der Waals surface area contributed by atoms with Gasteiger partial charge < -0.3 is 0 Å². The van der Waals surface area contributed by atoms with Crippen LogP contribution < -0.4 is 0 Å². The van der Waals surface area contributed by atoms with Gasteiger partial charge in [0.15, 0.2) is 0 Å². The monoisotopic (exact) mass is 285 g/mol. The minimum Gasteiger partial charge on any atom is -0.275 e. The summed E-state index contributed by atoms with van der Waals surface area (Å²) in [5.74, 6) is 0.164. The molecule has 0 N–H and O–H groups in total. The highest BCUT2D eigenvalue weighted by Crippen LogP contribution is 2.22. The van der Waals surface area contributed by atoms with Crippen molar-refractivity contribution in [3.05, 3.63) is 34.3 Å². The molecule has 3 nitrogen and oxygen atoms in total. The first kappa shape index (κ1) is 13.2. The molecule has 0 aliphatic heterocycles. The van der Waals surface area contributed by atoms with Gasteiger partial charge in [-0.1, -0.05) is 35.0 Å². The largest absolute Gasteiger partial charge is 0.275 e. The molecule has 1 aromatic rings. The number of carbonyl (C=O) groups is 1. The number of halogens is 1. The van der Waals surface area contributed by atoms with E-state index in [1.807, 2.05) is 31.2 Å². The van der Waals surface area contributed by atoms with Gasteiger partial charge in [0, 0.05) is 17.9 Å². The van der Waals surface area contributed by atoms with Crippen LogP contribution in [0.4, 0.5) is 0 Å². The average molecular weight is 286 g/mol. The smallest absolute Gasteiger partial charge is 0.246 e. The number of hydrogen-bond acceptors (Lipinski definition) is 2. The lowest BCUT2D eigenvalue weighted by atomic mass is 9.98. The van der Waals surface area contributed by atoms with Gasteiger partial charge in [-0.05, 0) is 23.6 Å². The number of carbonyl (C=O) groups excluding carboxylic acids is 1. The van der Waals surface area contributed by atoms with Crippen LogP contribution in [0.25, 0.3) is 0 Å². The van der Waals surface area contributed by atoms with Gasteiger partial charge in [-0.25, -0.2) is 5.06 Å². The molecule has 0 saturated heterocycles. The zero-order valence-electron chi connectivity index (χ0n) is 9.74. The van der Waals surface area contributed by atoms with E-state index in [-0.39, 0.29) is 11.8 Å². The molecule has 0 saturated carbocycles. The Bertz CT molecular complexity index is 368. The molecule has 88 valence electrons. The van der Waals surface area contributed by atoms with E-state index < -0.39 is 0 Å². The maximum atomic E-state index is 11.6. The molecule has 0 aliphatic carbocycles. The summed E-state index contributed by atoms with van der Waals surface area (Å²) < 4.78 is 1.03. The van der Waals surface area contributed by atoms with E-state index in [0.29, 0.717) is 6.42 Å². The highest BCUT2D eigenvalue weighted by molar-refractivity contribution is 9.10. The molecule has 0 aromatic heterocycles. The van der Waals surface area contributed by atoms with Crippen LogP contribution in [-0.4, -0.2) is 25.1 Å². The summed E-state index contributed by atoms with van der Waals surface area (Å²) in [6.45, 7) is 2.03. The van der Waals surface area contributed by atoms with Crippen LogP contribution in [0.15, 0.2) is 28.7 Å². The Morgan fingerprint density at radius 1 is 1.56 bits per heavy atom. The minimum atomic E-state index is -0.0185. The van der Waals surface area contributed by atoms with Gasteiger partial charge in [0.1, 0.15) is 0 Å². The Kier molecular flexibility index (Phi) is 4.96. The van der Waals surface area contributed by atoms with Crippen LogP contribution in [-0.2, 0) is 9.63 Å². The Labute approximate surface area is 104 Å². The molecule has 1 rings (SSSR count). The predicted molar refractivity (Wildman–Crippen MR) is 67.0 cm³/mol. The highest BCUT2D eigenvalue weighted by atomic mass is 79.9. The van der Waals surface area contributed by atoms with Crippen molar-refractivity contribution in [1.29, 1.82) is 0 Å². The molecule has 0 bridgehead atoms. The molecule has 4 heteroatoms. The summed E-state index contributed by atoms with van der Waals surface area (Å²) in [5, 5.41) is 1.26. The minimum absolute atomic E-state index is 0.0185. The van der Waals surface area contributed by atoms with Crippen LogP contribution in [0, 0.1) is 0 Å². The first-order chi connectivity index (χ1) is 7.54. The van der Waals surface area contributed by atoms with Gasteiger partial charge in [-0.2, -0.15) is 0 Å². The van der Waals surface area contributed by atoms with E-state index in [0.717, 1.165) is 10.0 Å². The zero-order valence-corrected chi connectivity index (χ0v) is 11.3. The predicted octanol–water partition coefficient (Wildman–Crippen LogP) is 2.96. The van der Waals surface area contributed by atoms with Crippen molar-refractivity contribution < 1.29 is 9.63 Å². The second kappa shape index (κ2) is 6.01. The molecule has 1 atom stereocenters. The number of rotatable bonds is 4. The van der Waals surface area contributed by atoms with Gasteiger partial charge in [-0.3, -0.25) is 9.63 Å². The molecule has 0 spiro atoms. The van der Waals surface area contributed by atoms with E-state index >= 15 is 0 Å². The summed E-state index contributed by atoms with van der Waals surface area (Å²) in [7, 11) is 3.11. The fourth-order valence-corrected chi connectivity index (χ4v) is 1.84. The average Bonchev–Trinajstić information content (AvgIpc) is 2.27. The second-order valence-electron chi connectivity index (χ2n) is 3.73. The normalized spacial score (nSPS) is 12.2. The van der Waals surface area contributed by atoms with Crippen molar-refractivity contribution in [3.63, 3.8) is 0 Å². The first-order valence-corrected chi connectivity index (χ1v) is 5.90. The van der Waals surface area contributed by atoms with E-state index in [4.69, 9.17) is 4.84 Å². The Balaban J connectivity index is 2.65. The van der Waals surface area contributed by atoms with Crippen molar-refractivity contribution in [3.8, 4) is 0 Å². The van der Waals surface area contributed by atoms with Crippen LogP contribution in [0.1, 0.15) is 24.8 Å². The molecule has 0 radical (unpaired) electrons. The van der Waals surface area contributed by atoms with E-state index in [2.05, 4.69) is 15.9 Å². The van der Waals surface area contributed by atoms with Crippen molar-refractivity contribution in [1.82, 2.24) is 5.06 Å². The first-order valence-electron chi connectivity index (χ1n) is 5.10. The summed E-state index contributed by atoms with van der Waals surface area (Å²) >= 11 is 3.42. The van der Waals surface area contributed by atoms with E-state index in [9.17, 15) is 4.79 Å². The molecule has 16 heavy (non-hydrogen) atoms. The maximum absolute atomic E-state index is 11.6. The molecular formula is C12H16BrNO2. The van der Waals surface area contributed by atoms with Crippen molar-refractivity contribution in [2.45, 2.75) is 19.3 Å². The molecule has 0 heterocycles. The fourth-order valence-electron chi connectivity index (χ4n) is 1.42. The van der Waals surface area contributed by atoms with Gasteiger partial charge in [0.05, 0.1) is 7.11 Å². The van der Waals surface area contributed by atoms with Crippen LogP contribution in [0.5, 0.6) is 0 Å². The molecular weight excluding hydrogens is 270 g/mol. The summed E-state index contributed by atoms with van der Waals surface area (Å²) in [5.41, 5.74) is 1.15. The SMILES string of the molecule is CON(C)C(=O)CC(C)c1cccc(Br)c1. The van der Waals surface area contributed by atoms with E-state index in [1.54, 1.807) is 7.05 Å². The summed E-state index contributed by atoms with van der Waals surface area (Å²) in [4.78, 5) is 16.5. The number of hydroxylamine groups is 2. The molecule has 1 unspecified atom stereocenters. The lowest BCUT2D eigenvalue weighted by molar-refractivity contribution is -0.169. The lowest BCUT2D eigenvalue weighted by Gasteiger charge is -2.17. The highest BCUT2D eigenvalue weighted by Gasteiger charge is 2.14. The van der Waals surface area contributed by atoms with E-state index in [1.165, 1.54) is 12.2 Å². The third-order valence-corrected chi connectivity index (χ3v) is 3.02. The number of benzene rings is 1. The Morgan fingerprint density at radius 2 is 2.25 bits per heavy atom. The third kappa shape index (κ3) is 3.61. The Morgan fingerprint density at radius 3 is 2.81 bits per heavy atom. The van der Waals surface area contributed by atoms with Crippen LogP contribution in [0.3, 0.4) is 0 Å². The standard InChI is InChI=1S/C12H16BrNO2/c1-9(7-12(15)14(2)16-3)10-5-4-6-11(13)8-10/h4-6,8-9H,7H2,1-3H3. The quantitative estimate of drug-likeness (QED) is 0.796. The second-order valence-corrected chi connectivity index (χ2v) is 4.65. The molecule has 1 amide bonds. The van der Waals surface area contributed by atoms with Crippen molar-refractivity contribution in [2.24, 2.45) is 0 Å². The van der Waals surface area contributed by atoms with Gasteiger partial charge in [0.25, 0.3) is 0 Å². The number of amides is 1. The van der Waals surface area contributed by atoms with Crippen molar-refractivity contribution in [2.75, 3.05) is 14.2 Å². The van der Waals surface area contributed by atoms with Gasteiger partial charge in [0.2, 0.25) is 5.91 Å². The Hall–Kier alpha value is -0.870. The molecule has 0 aliphatic rings. The lowest BCUT2D eigenvalue weighted by Crippen LogP contribution is -2.26. The number of hydrogen-bond donors (Lipinski definition) is 0. The third-order valence-electron chi connectivity index (χ3n) is 2.52. The summed E-state index contributed by atoms with van der Waals surface area (Å²) in [6.07, 6.45) is 0.445. The van der Waals surface area contributed by atoms with Gasteiger partial charge >= 0.3 is 0 Å². The van der Waals surface area contributed by atoms with Crippen molar-refractivity contribution >= 4 is 21.8 Å². The number of nitrogens with zero attached hydrogens (tertiary/aromatic N) is 1.